The molecule has 2 aromatic rings. The summed E-state index contributed by atoms with van der Waals surface area (Å²) in [6, 6.07) is 8.79. The van der Waals surface area contributed by atoms with Crippen LogP contribution in [0.3, 0.4) is 0 Å². The number of carbonyl (C=O) groups is 2. The number of halogens is 1. The summed E-state index contributed by atoms with van der Waals surface area (Å²) in [5.74, 6) is -0.535. The van der Waals surface area contributed by atoms with E-state index < -0.39 is 5.97 Å². The molecule has 1 saturated heterocycles. The van der Waals surface area contributed by atoms with Gasteiger partial charge in [-0.05, 0) is 23.8 Å². The molecule has 23 heavy (non-hydrogen) atoms. The van der Waals surface area contributed by atoms with Crippen LogP contribution in [0.4, 0.5) is 0 Å². The number of benzene rings is 1. The summed E-state index contributed by atoms with van der Waals surface area (Å²) in [5.41, 5.74) is 1.30. The van der Waals surface area contributed by atoms with Crippen molar-refractivity contribution in [1.29, 1.82) is 0 Å². The smallest absolute Gasteiger partial charge is 0.341 e. The van der Waals surface area contributed by atoms with Gasteiger partial charge in [0.15, 0.2) is 0 Å². The first-order valence-corrected chi connectivity index (χ1v) is 7.64. The average Bonchev–Trinajstić information content (AvgIpc) is 3.14. The second-order valence-electron chi connectivity index (χ2n) is 5.58. The van der Waals surface area contributed by atoms with Crippen LogP contribution in [-0.2, 0) is 9.53 Å². The van der Waals surface area contributed by atoms with Crippen molar-refractivity contribution < 1.29 is 18.7 Å². The zero-order chi connectivity index (χ0) is 16.4. The summed E-state index contributed by atoms with van der Waals surface area (Å²) in [6.45, 7) is 0.164. The number of esters is 1. The molecule has 0 aliphatic carbocycles. The third-order valence-electron chi connectivity index (χ3n) is 4.07. The number of carbonyl (C=O) groups excluding carboxylic acids is 2. The fourth-order valence-corrected chi connectivity index (χ4v) is 3.13. The highest BCUT2D eigenvalue weighted by molar-refractivity contribution is 6.30. The number of nitrogens with zero attached hydrogens (tertiary/aromatic N) is 1. The lowest BCUT2D eigenvalue weighted by atomic mass is 9.94. The molecule has 5 nitrogen and oxygen atoms in total. The molecule has 0 bridgehead atoms. The minimum atomic E-state index is -0.453. The van der Waals surface area contributed by atoms with Crippen LogP contribution in [-0.4, -0.2) is 30.4 Å². The van der Waals surface area contributed by atoms with Gasteiger partial charge in [-0.2, -0.15) is 0 Å². The van der Waals surface area contributed by atoms with Crippen LogP contribution >= 0.6 is 11.6 Å². The van der Waals surface area contributed by atoms with E-state index in [0.717, 1.165) is 5.56 Å². The van der Waals surface area contributed by atoms with Crippen molar-refractivity contribution in [2.24, 2.45) is 5.92 Å². The molecule has 1 amide bonds. The lowest BCUT2D eigenvalue weighted by Gasteiger charge is -2.25. The van der Waals surface area contributed by atoms with E-state index in [0.29, 0.717) is 17.0 Å². The van der Waals surface area contributed by atoms with Gasteiger partial charge >= 0.3 is 5.97 Å². The van der Waals surface area contributed by atoms with E-state index in [2.05, 4.69) is 0 Å². The summed E-state index contributed by atoms with van der Waals surface area (Å²) in [4.78, 5) is 25.7. The lowest BCUT2D eigenvalue weighted by molar-refractivity contribution is -0.127. The first kappa shape index (κ1) is 15.6. The van der Waals surface area contributed by atoms with Crippen LogP contribution in [0.2, 0.25) is 5.02 Å². The number of likely N-dealkylation sites (tertiary alicyclic amines) is 1. The SMILES string of the molecule is CN1C(=O)C[C@@H](COC(=O)c2ccoc2)[C@@H]1c1cccc(Cl)c1. The van der Waals surface area contributed by atoms with Crippen molar-refractivity contribution in [3.63, 3.8) is 0 Å². The Morgan fingerprint density at radius 2 is 2.26 bits per heavy atom. The standard InChI is InChI=1S/C17H16ClNO4/c1-19-15(20)8-13(10-23-17(21)12-5-6-22-9-12)16(19)11-3-2-4-14(18)7-11/h2-7,9,13,16H,8,10H2,1H3/t13-,16-/m0/s1. The Bertz CT molecular complexity index is 713. The predicted octanol–water partition coefficient (Wildman–Crippen LogP) is 3.31. The van der Waals surface area contributed by atoms with Gasteiger partial charge in [-0.3, -0.25) is 4.79 Å². The molecule has 0 unspecified atom stereocenters. The molecular formula is C17H16ClNO4. The number of ether oxygens (including phenoxy) is 1. The Hall–Kier alpha value is -2.27. The number of furan rings is 1. The molecule has 1 fully saturated rings. The molecule has 6 heteroatoms. The first-order chi connectivity index (χ1) is 11.1. The van der Waals surface area contributed by atoms with Gasteiger partial charge in [-0.1, -0.05) is 23.7 Å². The molecule has 0 saturated carbocycles. The summed E-state index contributed by atoms with van der Waals surface area (Å²) in [7, 11) is 1.76. The molecule has 120 valence electrons. The molecule has 2 heterocycles. The van der Waals surface area contributed by atoms with Crippen LogP contribution in [0.15, 0.2) is 47.3 Å². The fraction of sp³-hybridized carbons (Fsp3) is 0.294. The molecule has 1 aromatic carbocycles. The second-order valence-corrected chi connectivity index (χ2v) is 6.02. The Kier molecular flexibility index (Phi) is 4.39. The molecule has 3 rings (SSSR count). The maximum absolute atomic E-state index is 12.1. The first-order valence-electron chi connectivity index (χ1n) is 7.26. The molecule has 0 radical (unpaired) electrons. The van der Waals surface area contributed by atoms with Crippen LogP contribution in [0.5, 0.6) is 0 Å². The molecule has 1 aliphatic heterocycles. The lowest BCUT2D eigenvalue weighted by Crippen LogP contribution is -2.26. The van der Waals surface area contributed by atoms with Crippen LogP contribution < -0.4 is 0 Å². The molecule has 0 N–H and O–H groups in total. The maximum Gasteiger partial charge on any atom is 0.341 e. The van der Waals surface area contributed by atoms with E-state index in [-0.39, 0.29) is 24.5 Å². The molecular weight excluding hydrogens is 318 g/mol. The van der Waals surface area contributed by atoms with Gasteiger partial charge in [0.25, 0.3) is 0 Å². The van der Waals surface area contributed by atoms with Crippen LogP contribution in [0.25, 0.3) is 0 Å². The predicted molar refractivity (Wildman–Crippen MR) is 84.1 cm³/mol. The third kappa shape index (κ3) is 3.24. The Morgan fingerprint density at radius 1 is 1.43 bits per heavy atom. The van der Waals surface area contributed by atoms with E-state index in [1.54, 1.807) is 24.1 Å². The molecule has 1 aliphatic rings. The van der Waals surface area contributed by atoms with Crippen molar-refractivity contribution in [3.05, 3.63) is 59.0 Å². The van der Waals surface area contributed by atoms with Crippen molar-refractivity contribution in [3.8, 4) is 0 Å². The second kappa shape index (κ2) is 6.46. The summed E-state index contributed by atoms with van der Waals surface area (Å²) < 4.78 is 10.2. The van der Waals surface area contributed by atoms with Gasteiger partial charge < -0.3 is 14.1 Å². The van der Waals surface area contributed by atoms with Gasteiger partial charge in [0.05, 0.1) is 24.5 Å². The number of hydrogen-bond acceptors (Lipinski definition) is 4. The number of amides is 1. The van der Waals surface area contributed by atoms with Crippen molar-refractivity contribution in [2.75, 3.05) is 13.7 Å². The van der Waals surface area contributed by atoms with Crippen LogP contribution in [0.1, 0.15) is 28.4 Å². The number of rotatable bonds is 4. The topological polar surface area (TPSA) is 59.8 Å². The van der Waals surface area contributed by atoms with Gasteiger partial charge in [-0.15, -0.1) is 0 Å². The highest BCUT2D eigenvalue weighted by Crippen LogP contribution is 2.37. The summed E-state index contributed by atoms with van der Waals surface area (Å²) in [5, 5.41) is 0.615. The zero-order valence-corrected chi connectivity index (χ0v) is 13.3. The molecule has 2 atom stereocenters. The van der Waals surface area contributed by atoms with Crippen molar-refractivity contribution >= 4 is 23.5 Å². The Labute approximate surface area is 138 Å². The Balaban J connectivity index is 1.74. The maximum atomic E-state index is 12.1. The normalized spacial score (nSPS) is 20.8. The molecule has 0 spiro atoms. The van der Waals surface area contributed by atoms with Crippen molar-refractivity contribution in [1.82, 2.24) is 4.90 Å². The highest BCUT2D eigenvalue weighted by atomic mass is 35.5. The van der Waals surface area contributed by atoms with E-state index >= 15 is 0 Å². The van der Waals surface area contributed by atoms with Gasteiger partial charge in [0.1, 0.15) is 6.26 Å². The van der Waals surface area contributed by atoms with E-state index in [4.69, 9.17) is 20.8 Å². The van der Waals surface area contributed by atoms with Gasteiger partial charge in [0, 0.05) is 24.4 Å². The monoisotopic (exact) mass is 333 g/mol. The summed E-state index contributed by atoms with van der Waals surface area (Å²) in [6.07, 6.45) is 3.09. The highest BCUT2D eigenvalue weighted by Gasteiger charge is 2.39. The van der Waals surface area contributed by atoms with Gasteiger partial charge in [0.2, 0.25) is 5.91 Å². The van der Waals surface area contributed by atoms with Crippen molar-refractivity contribution in [2.45, 2.75) is 12.5 Å². The number of hydrogen-bond donors (Lipinski definition) is 0. The largest absolute Gasteiger partial charge is 0.472 e. The van der Waals surface area contributed by atoms with E-state index in [9.17, 15) is 9.59 Å². The fourth-order valence-electron chi connectivity index (χ4n) is 2.93. The summed E-state index contributed by atoms with van der Waals surface area (Å²) >= 11 is 6.05. The van der Waals surface area contributed by atoms with Gasteiger partial charge in [-0.25, -0.2) is 4.79 Å². The average molecular weight is 334 g/mol. The Morgan fingerprint density at radius 3 is 2.96 bits per heavy atom. The third-order valence-corrected chi connectivity index (χ3v) is 4.30. The van der Waals surface area contributed by atoms with E-state index in [1.165, 1.54) is 12.5 Å². The minimum absolute atomic E-state index is 0.0272. The molecule has 1 aromatic heterocycles. The van der Waals surface area contributed by atoms with Crippen LogP contribution in [0, 0.1) is 5.92 Å². The van der Waals surface area contributed by atoms with E-state index in [1.807, 2.05) is 18.2 Å². The zero-order valence-electron chi connectivity index (χ0n) is 12.6. The quantitative estimate of drug-likeness (QED) is 0.805. The minimum Gasteiger partial charge on any atom is -0.472 e.